The first-order chi connectivity index (χ1) is 9.42. The van der Waals surface area contributed by atoms with Gasteiger partial charge >= 0.3 is 5.97 Å². The summed E-state index contributed by atoms with van der Waals surface area (Å²) in [6.45, 7) is 7.97. The summed E-state index contributed by atoms with van der Waals surface area (Å²) in [6.07, 6.45) is 0.955. The van der Waals surface area contributed by atoms with Crippen LogP contribution in [0.4, 0.5) is 0 Å². The summed E-state index contributed by atoms with van der Waals surface area (Å²) in [5, 5.41) is 9.49. The molecule has 5 heteroatoms. The predicted octanol–water partition coefficient (Wildman–Crippen LogP) is 4.25. The van der Waals surface area contributed by atoms with Crippen LogP contribution >= 0.6 is 27.7 Å². The van der Waals surface area contributed by atoms with E-state index in [0.29, 0.717) is 11.8 Å². The van der Waals surface area contributed by atoms with Crippen LogP contribution in [0.2, 0.25) is 0 Å². The largest absolute Gasteiger partial charge is 0.480 e. The molecule has 0 fully saturated rings. The highest BCUT2D eigenvalue weighted by Gasteiger charge is 2.13. The van der Waals surface area contributed by atoms with E-state index in [9.17, 15) is 4.79 Å². The van der Waals surface area contributed by atoms with Gasteiger partial charge in [-0.2, -0.15) is 0 Å². The van der Waals surface area contributed by atoms with Crippen LogP contribution in [0, 0.1) is 0 Å². The number of carboxylic acid groups (broad SMARTS) is 1. The van der Waals surface area contributed by atoms with Gasteiger partial charge in [0.1, 0.15) is 0 Å². The molecule has 0 bridgehead atoms. The number of hydrogen-bond acceptors (Lipinski definition) is 3. The van der Waals surface area contributed by atoms with Crippen LogP contribution in [-0.4, -0.2) is 34.3 Å². The van der Waals surface area contributed by atoms with Crippen molar-refractivity contribution in [2.45, 2.75) is 43.9 Å². The SMILES string of the molecule is CCCN(CC(=O)O)Cc1ccc(Br)cc1SC(C)C. The van der Waals surface area contributed by atoms with Gasteiger partial charge in [-0.05, 0) is 30.7 Å². The average Bonchev–Trinajstić information content (AvgIpc) is 2.31. The van der Waals surface area contributed by atoms with Gasteiger partial charge in [0.15, 0.2) is 0 Å². The fourth-order valence-electron chi connectivity index (χ4n) is 1.99. The Morgan fingerprint density at radius 1 is 1.45 bits per heavy atom. The number of carbonyl (C=O) groups is 1. The second kappa shape index (κ2) is 8.70. The smallest absolute Gasteiger partial charge is 0.317 e. The molecule has 0 saturated carbocycles. The lowest BCUT2D eigenvalue weighted by atomic mass is 10.2. The van der Waals surface area contributed by atoms with Crippen molar-refractivity contribution >= 4 is 33.7 Å². The highest BCUT2D eigenvalue weighted by Crippen LogP contribution is 2.30. The first-order valence-electron chi connectivity index (χ1n) is 6.81. The average molecular weight is 360 g/mol. The lowest BCUT2D eigenvalue weighted by Gasteiger charge is -2.21. The Morgan fingerprint density at radius 3 is 2.70 bits per heavy atom. The summed E-state index contributed by atoms with van der Waals surface area (Å²) in [7, 11) is 0. The molecule has 20 heavy (non-hydrogen) atoms. The van der Waals surface area contributed by atoms with Crippen LogP contribution in [0.15, 0.2) is 27.6 Å². The monoisotopic (exact) mass is 359 g/mol. The van der Waals surface area contributed by atoms with E-state index < -0.39 is 5.97 Å². The van der Waals surface area contributed by atoms with E-state index in [1.54, 1.807) is 0 Å². The maximum Gasteiger partial charge on any atom is 0.317 e. The van der Waals surface area contributed by atoms with Crippen LogP contribution in [0.25, 0.3) is 0 Å². The van der Waals surface area contributed by atoms with E-state index >= 15 is 0 Å². The van der Waals surface area contributed by atoms with E-state index in [-0.39, 0.29) is 6.54 Å². The highest BCUT2D eigenvalue weighted by molar-refractivity contribution is 9.10. The van der Waals surface area contributed by atoms with Crippen LogP contribution in [0.1, 0.15) is 32.8 Å². The van der Waals surface area contributed by atoms with Gasteiger partial charge < -0.3 is 5.11 Å². The minimum Gasteiger partial charge on any atom is -0.480 e. The molecule has 0 aliphatic rings. The Balaban J connectivity index is 2.89. The van der Waals surface area contributed by atoms with Crippen molar-refractivity contribution in [3.8, 4) is 0 Å². The Bertz CT molecular complexity index is 451. The third-order valence-electron chi connectivity index (χ3n) is 2.68. The predicted molar refractivity (Wildman–Crippen MR) is 88.3 cm³/mol. The molecule has 1 aromatic rings. The summed E-state index contributed by atoms with van der Waals surface area (Å²) in [5.74, 6) is -0.770. The van der Waals surface area contributed by atoms with Crippen LogP contribution in [-0.2, 0) is 11.3 Å². The normalized spacial score (nSPS) is 11.3. The number of aliphatic carboxylic acids is 1. The van der Waals surface area contributed by atoms with E-state index in [4.69, 9.17) is 5.11 Å². The van der Waals surface area contributed by atoms with Crippen LogP contribution in [0.3, 0.4) is 0 Å². The highest BCUT2D eigenvalue weighted by atomic mass is 79.9. The minimum atomic E-state index is -0.770. The zero-order chi connectivity index (χ0) is 15.1. The number of nitrogens with zero attached hydrogens (tertiary/aromatic N) is 1. The zero-order valence-electron chi connectivity index (χ0n) is 12.2. The van der Waals surface area contributed by atoms with Gasteiger partial charge in [-0.25, -0.2) is 0 Å². The van der Waals surface area contributed by atoms with Gasteiger partial charge in [-0.1, -0.05) is 42.8 Å². The van der Waals surface area contributed by atoms with Crippen molar-refractivity contribution in [1.29, 1.82) is 0 Å². The number of thioether (sulfide) groups is 1. The maximum atomic E-state index is 10.9. The Labute approximate surface area is 133 Å². The molecule has 0 heterocycles. The fraction of sp³-hybridized carbons (Fsp3) is 0.533. The number of benzene rings is 1. The molecule has 0 spiro atoms. The first kappa shape index (κ1) is 17.5. The topological polar surface area (TPSA) is 40.5 Å². The zero-order valence-corrected chi connectivity index (χ0v) is 14.6. The fourth-order valence-corrected chi connectivity index (χ4v) is 3.48. The van der Waals surface area contributed by atoms with Crippen molar-refractivity contribution in [2.24, 2.45) is 0 Å². The molecule has 0 saturated heterocycles. The number of carboxylic acids is 1. The van der Waals surface area contributed by atoms with Crippen LogP contribution < -0.4 is 0 Å². The molecule has 0 aromatic heterocycles. The molecule has 1 aromatic carbocycles. The Hall–Kier alpha value is -0.520. The van der Waals surface area contributed by atoms with Gasteiger partial charge in [0.2, 0.25) is 0 Å². The van der Waals surface area contributed by atoms with Crippen molar-refractivity contribution in [2.75, 3.05) is 13.1 Å². The Morgan fingerprint density at radius 2 is 2.15 bits per heavy atom. The molecule has 0 aliphatic heterocycles. The molecule has 1 rings (SSSR count). The molecule has 0 unspecified atom stereocenters. The lowest BCUT2D eigenvalue weighted by molar-refractivity contribution is -0.138. The van der Waals surface area contributed by atoms with Gasteiger partial charge in [-0.15, -0.1) is 11.8 Å². The molecule has 3 nitrogen and oxygen atoms in total. The molecule has 0 atom stereocenters. The molecule has 1 N–H and O–H groups in total. The van der Waals surface area contributed by atoms with Gasteiger partial charge in [0.25, 0.3) is 0 Å². The van der Waals surface area contributed by atoms with E-state index in [2.05, 4.69) is 48.8 Å². The maximum absolute atomic E-state index is 10.9. The first-order valence-corrected chi connectivity index (χ1v) is 8.48. The van der Waals surface area contributed by atoms with E-state index in [1.165, 1.54) is 10.5 Å². The number of rotatable bonds is 8. The molecule has 0 aliphatic carbocycles. The van der Waals surface area contributed by atoms with Crippen molar-refractivity contribution in [3.63, 3.8) is 0 Å². The second-order valence-electron chi connectivity index (χ2n) is 5.02. The second-order valence-corrected chi connectivity index (χ2v) is 7.56. The van der Waals surface area contributed by atoms with E-state index in [0.717, 1.165) is 17.4 Å². The summed E-state index contributed by atoms with van der Waals surface area (Å²) < 4.78 is 1.06. The lowest BCUT2D eigenvalue weighted by Crippen LogP contribution is -2.30. The van der Waals surface area contributed by atoms with Gasteiger partial charge in [-0.3, -0.25) is 9.69 Å². The molecule has 112 valence electrons. The number of halogens is 1. The third-order valence-corrected chi connectivity index (χ3v) is 4.28. The Kier molecular flexibility index (Phi) is 7.62. The molecule has 0 amide bonds. The standard InChI is InChI=1S/C15H22BrNO2S/c1-4-7-17(10-15(18)19)9-12-5-6-13(16)8-14(12)20-11(2)3/h5-6,8,11H,4,7,9-10H2,1-3H3,(H,18,19). The van der Waals surface area contributed by atoms with E-state index in [1.807, 2.05) is 22.7 Å². The van der Waals surface area contributed by atoms with Crippen molar-refractivity contribution in [1.82, 2.24) is 4.90 Å². The van der Waals surface area contributed by atoms with Gasteiger partial charge in [0.05, 0.1) is 6.54 Å². The summed E-state index contributed by atoms with van der Waals surface area (Å²) >= 11 is 5.32. The third kappa shape index (κ3) is 6.29. The molecule has 0 radical (unpaired) electrons. The molecular weight excluding hydrogens is 338 g/mol. The summed E-state index contributed by atoms with van der Waals surface area (Å²) in [6, 6.07) is 6.22. The summed E-state index contributed by atoms with van der Waals surface area (Å²) in [5.41, 5.74) is 1.20. The molecular formula is C15H22BrNO2S. The van der Waals surface area contributed by atoms with Crippen molar-refractivity contribution in [3.05, 3.63) is 28.2 Å². The number of hydrogen-bond donors (Lipinski definition) is 1. The van der Waals surface area contributed by atoms with Crippen LogP contribution in [0.5, 0.6) is 0 Å². The minimum absolute atomic E-state index is 0.0929. The van der Waals surface area contributed by atoms with Gasteiger partial charge in [0, 0.05) is 21.2 Å². The summed E-state index contributed by atoms with van der Waals surface area (Å²) in [4.78, 5) is 14.1. The van der Waals surface area contributed by atoms with Crippen molar-refractivity contribution < 1.29 is 9.90 Å². The quantitative estimate of drug-likeness (QED) is 0.704.